The number of carbonyl (C=O) groups is 2. The molecule has 0 bridgehead atoms. The zero-order valence-electron chi connectivity index (χ0n) is 15.3. The molecule has 0 radical (unpaired) electrons. The van der Waals surface area contributed by atoms with Crippen LogP contribution in [0, 0.1) is 5.92 Å². The van der Waals surface area contributed by atoms with E-state index in [-0.39, 0.29) is 23.5 Å². The molecule has 2 rings (SSSR count). The topological polar surface area (TPSA) is 103 Å². The Hall–Kier alpha value is -2.35. The summed E-state index contributed by atoms with van der Waals surface area (Å²) in [6.07, 6.45) is 0.672. The largest absolute Gasteiger partial charge is 0.370 e. The summed E-state index contributed by atoms with van der Waals surface area (Å²) in [7, 11) is 0. The van der Waals surface area contributed by atoms with Gasteiger partial charge >= 0.3 is 0 Å². The highest BCUT2D eigenvalue weighted by atomic mass is 32.2. The number of nitrogens with two attached hydrogens (primary N) is 1. The Morgan fingerprint density at radius 2 is 1.88 bits per heavy atom. The smallest absolute Gasteiger partial charge is 0.237 e. The third-order valence-corrected chi connectivity index (χ3v) is 4.71. The molecule has 0 saturated carbocycles. The van der Waals surface area contributed by atoms with E-state index in [0.717, 1.165) is 18.1 Å². The molecule has 0 aliphatic heterocycles. The van der Waals surface area contributed by atoms with Gasteiger partial charge in [0.15, 0.2) is 5.16 Å². The van der Waals surface area contributed by atoms with Gasteiger partial charge in [-0.25, -0.2) is 0 Å². The van der Waals surface area contributed by atoms with Crippen LogP contribution in [0.2, 0.25) is 0 Å². The summed E-state index contributed by atoms with van der Waals surface area (Å²) >= 11 is 1.36. The summed E-state index contributed by atoms with van der Waals surface area (Å²) in [5.74, 6) is 0.634. The van der Waals surface area contributed by atoms with E-state index in [0.29, 0.717) is 17.5 Å². The van der Waals surface area contributed by atoms with Crippen LogP contribution in [0.3, 0.4) is 0 Å². The first kappa shape index (κ1) is 20.0. The van der Waals surface area contributed by atoms with Crippen LogP contribution in [-0.2, 0) is 22.6 Å². The molecular weight excluding hydrogens is 350 g/mol. The molecule has 2 amide bonds. The second-order valence-electron chi connectivity index (χ2n) is 6.48. The monoisotopic (exact) mass is 375 g/mol. The maximum absolute atomic E-state index is 12.4. The molecule has 0 aliphatic carbocycles. The van der Waals surface area contributed by atoms with Gasteiger partial charge in [0.1, 0.15) is 5.82 Å². The predicted molar refractivity (Wildman–Crippen MR) is 103 cm³/mol. The third-order valence-electron chi connectivity index (χ3n) is 3.63. The molecule has 26 heavy (non-hydrogen) atoms. The van der Waals surface area contributed by atoms with Gasteiger partial charge < -0.3 is 15.6 Å². The second kappa shape index (κ2) is 9.38. The summed E-state index contributed by atoms with van der Waals surface area (Å²) < 4.78 is 1.98. The van der Waals surface area contributed by atoms with Crippen LogP contribution in [0.5, 0.6) is 0 Å². The minimum Gasteiger partial charge on any atom is -0.370 e. The summed E-state index contributed by atoms with van der Waals surface area (Å²) in [6, 6.07) is 9.34. The van der Waals surface area contributed by atoms with Crippen LogP contribution in [0.25, 0.3) is 0 Å². The van der Waals surface area contributed by atoms with Gasteiger partial charge in [-0.15, -0.1) is 10.2 Å². The van der Waals surface area contributed by atoms with E-state index in [1.165, 1.54) is 11.8 Å². The van der Waals surface area contributed by atoms with Gasteiger partial charge in [-0.1, -0.05) is 43.8 Å². The first-order valence-corrected chi connectivity index (χ1v) is 9.47. The van der Waals surface area contributed by atoms with Crippen molar-refractivity contribution in [2.75, 3.05) is 5.32 Å². The lowest BCUT2D eigenvalue weighted by Crippen LogP contribution is -2.23. The van der Waals surface area contributed by atoms with Gasteiger partial charge in [0.05, 0.1) is 5.25 Å². The number of hydrogen-bond donors (Lipinski definition) is 2. The molecule has 0 spiro atoms. The van der Waals surface area contributed by atoms with Gasteiger partial charge in [0.2, 0.25) is 11.8 Å². The fraction of sp³-hybridized carbons (Fsp3) is 0.444. The molecule has 2 aromatic rings. The van der Waals surface area contributed by atoms with Crippen LogP contribution in [0.4, 0.5) is 5.69 Å². The zero-order chi connectivity index (χ0) is 19.1. The van der Waals surface area contributed by atoms with Gasteiger partial charge in [-0.05, 0) is 25.0 Å². The average molecular weight is 375 g/mol. The summed E-state index contributed by atoms with van der Waals surface area (Å²) in [4.78, 5) is 23.5. The summed E-state index contributed by atoms with van der Waals surface area (Å²) in [5.41, 5.74) is 6.00. The zero-order valence-corrected chi connectivity index (χ0v) is 16.1. The van der Waals surface area contributed by atoms with Crippen molar-refractivity contribution in [3.8, 4) is 0 Å². The number of carbonyl (C=O) groups excluding carboxylic acids is 2. The van der Waals surface area contributed by atoms with Crippen molar-refractivity contribution < 1.29 is 9.59 Å². The van der Waals surface area contributed by atoms with Crippen LogP contribution >= 0.6 is 11.8 Å². The minimum atomic E-state index is -0.367. The quantitative estimate of drug-likeness (QED) is 0.655. The molecule has 140 valence electrons. The van der Waals surface area contributed by atoms with Crippen molar-refractivity contribution in [1.29, 1.82) is 0 Å². The van der Waals surface area contributed by atoms with Gasteiger partial charge in [0.25, 0.3) is 0 Å². The van der Waals surface area contributed by atoms with Crippen molar-refractivity contribution >= 4 is 29.3 Å². The van der Waals surface area contributed by atoms with E-state index in [4.69, 9.17) is 5.73 Å². The number of nitrogens with one attached hydrogen (secondary N) is 1. The molecular formula is C18H25N5O2S. The minimum absolute atomic E-state index is 0.0982. The van der Waals surface area contributed by atoms with E-state index in [2.05, 4.69) is 29.4 Å². The van der Waals surface area contributed by atoms with E-state index in [1.807, 2.05) is 41.8 Å². The number of aromatic nitrogens is 3. The van der Waals surface area contributed by atoms with E-state index < -0.39 is 0 Å². The maximum atomic E-state index is 12.4. The van der Waals surface area contributed by atoms with E-state index in [9.17, 15) is 9.59 Å². The molecule has 8 heteroatoms. The number of primary amides is 1. The molecule has 0 aliphatic rings. The van der Waals surface area contributed by atoms with Gasteiger partial charge in [0, 0.05) is 25.1 Å². The van der Waals surface area contributed by atoms with Crippen LogP contribution < -0.4 is 11.1 Å². The van der Waals surface area contributed by atoms with Crippen molar-refractivity contribution in [2.45, 2.75) is 50.6 Å². The Bertz CT molecular complexity index is 745. The SMILES string of the molecule is CC(C)Cn1c(CCC(N)=O)nnc1SC(C)C(=O)Nc1ccccc1. The Kier molecular flexibility index (Phi) is 7.20. The average Bonchev–Trinajstić information content (AvgIpc) is 2.95. The van der Waals surface area contributed by atoms with Crippen molar-refractivity contribution in [3.63, 3.8) is 0 Å². The number of hydrogen-bond acceptors (Lipinski definition) is 5. The molecule has 1 aromatic carbocycles. The van der Waals surface area contributed by atoms with Crippen LogP contribution in [0.1, 0.15) is 33.0 Å². The van der Waals surface area contributed by atoms with Crippen LogP contribution in [-0.4, -0.2) is 31.8 Å². The molecule has 3 N–H and O–H groups in total. The number of para-hydroxylation sites is 1. The number of benzene rings is 1. The number of nitrogens with zero attached hydrogens (tertiary/aromatic N) is 3. The number of rotatable bonds is 9. The number of thioether (sulfide) groups is 1. The van der Waals surface area contributed by atoms with E-state index >= 15 is 0 Å². The van der Waals surface area contributed by atoms with Crippen molar-refractivity contribution in [3.05, 3.63) is 36.2 Å². The van der Waals surface area contributed by atoms with Gasteiger partial charge in [-0.2, -0.15) is 0 Å². The molecule has 1 aromatic heterocycles. The number of amides is 2. The third kappa shape index (κ3) is 5.87. The standard InChI is InChI=1S/C18H25N5O2S/c1-12(2)11-23-16(10-9-15(19)24)21-22-18(23)26-13(3)17(25)20-14-7-5-4-6-8-14/h4-8,12-13H,9-11H2,1-3H3,(H2,19,24)(H,20,25). The first-order chi connectivity index (χ1) is 12.4. The summed E-state index contributed by atoms with van der Waals surface area (Å²) in [5, 5.41) is 11.6. The Labute approximate surface area is 157 Å². The summed E-state index contributed by atoms with van der Waals surface area (Å²) in [6.45, 7) is 6.74. The Balaban J connectivity index is 2.08. The molecule has 1 unspecified atom stereocenters. The van der Waals surface area contributed by atoms with Crippen molar-refractivity contribution in [1.82, 2.24) is 14.8 Å². The number of aryl methyl sites for hydroxylation is 1. The molecule has 7 nitrogen and oxygen atoms in total. The molecule has 1 atom stereocenters. The number of anilines is 1. The normalized spacial score (nSPS) is 12.2. The lowest BCUT2D eigenvalue weighted by atomic mass is 10.2. The maximum Gasteiger partial charge on any atom is 0.237 e. The Morgan fingerprint density at radius 3 is 2.50 bits per heavy atom. The highest BCUT2D eigenvalue weighted by Crippen LogP contribution is 2.25. The molecule has 0 fully saturated rings. The van der Waals surface area contributed by atoms with Crippen molar-refractivity contribution in [2.24, 2.45) is 11.7 Å². The predicted octanol–water partition coefficient (Wildman–Crippen LogP) is 2.47. The fourth-order valence-electron chi connectivity index (χ4n) is 2.35. The molecule has 1 heterocycles. The first-order valence-electron chi connectivity index (χ1n) is 8.59. The van der Waals surface area contributed by atoms with Gasteiger partial charge in [-0.3, -0.25) is 9.59 Å². The lowest BCUT2D eigenvalue weighted by molar-refractivity contribution is -0.118. The van der Waals surface area contributed by atoms with Crippen LogP contribution in [0.15, 0.2) is 35.5 Å². The highest BCUT2D eigenvalue weighted by Gasteiger charge is 2.21. The fourth-order valence-corrected chi connectivity index (χ4v) is 3.23. The van der Waals surface area contributed by atoms with E-state index in [1.54, 1.807) is 0 Å². The molecule has 0 saturated heterocycles. The second-order valence-corrected chi connectivity index (χ2v) is 7.79. The lowest BCUT2D eigenvalue weighted by Gasteiger charge is -2.15. The Morgan fingerprint density at radius 1 is 1.19 bits per heavy atom. The highest BCUT2D eigenvalue weighted by molar-refractivity contribution is 8.00.